The molecule has 118 valence electrons. The molecular formula is C19H13ClFN3. The second-order valence-electron chi connectivity index (χ2n) is 5.64. The van der Waals surface area contributed by atoms with Crippen LogP contribution in [0.15, 0.2) is 61.3 Å². The predicted octanol–water partition coefficient (Wildman–Crippen LogP) is 5.19. The SMILES string of the molecule is Cc1ccc(F)c2ccn(-c3cc(Cl)cc(-c4cncnc4)c3)c12. The molecule has 4 aromatic rings. The van der Waals surface area contributed by atoms with Crippen molar-refractivity contribution in [2.24, 2.45) is 0 Å². The van der Waals surface area contributed by atoms with Crippen LogP contribution in [0.5, 0.6) is 0 Å². The molecule has 2 aromatic heterocycles. The van der Waals surface area contributed by atoms with Gasteiger partial charge in [0, 0.05) is 40.3 Å². The van der Waals surface area contributed by atoms with Gasteiger partial charge in [-0.2, -0.15) is 0 Å². The summed E-state index contributed by atoms with van der Waals surface area (Å²) < 4.78 is 16.0. The van der Waals surface area contributed by atoms with Crippen molar-refractivity contribution in [3.8, 4) is 16.8 Å². The van der Waals surface area contributed by atoms with Crippen LogP contribution in [0.3, 0.4) is 0 Å². The maximum atomic E-state index is 14.1. The first-order chi connectivity index (χ1) is 11.6. The van der Waals surface area contributed by atoms with E-state index < -0.39 is 0 Å². The molecule has 0 N–H and O–H groups in total. The van der Waals surface area contributed by atoms with Gasteiger partial charge in [0.1, 0.15) is 12.1 Å². The molecule has 5 heteroatoms. The summed E-state index contributed by atoms with van der Waals surface area (Å²) in [6.45, 7) is 1.97. The van der Waals surface area contributed by atoms with Crippen molar-refractivity contribution in [3.63, 3.8) is 0 Å². The smallest absolute Gasteiger partial charge is 0.132 e. The van der Waals surface area contributed by atoms with Crippen molar-refractivity contribution in [1.82, 2.24) is 14.5 Å². The summed E-state index contributed by atoms with van der Waals surface area (Å²) in [5.41, 5.74) is 4.49. The third-order valence-corrected chi connectivity index (χ3v) is 4.27. The van der Waals surface area contributed by atoms with Crippen LogP contribution in [0, 0.1) is 12.7 Å². The van der Waals surface area contributed by atoms with E-state index in [4.69, 9.17) is 11.6 Å². The lowest BCUT2D eigenvalue weighted by Crippen LogP contribution is -1.95. The second kappa shape index (κ2) is 5.73. The topological polar surface area (TPSA) is 30.7 Å². The third-order valence-electron chi connectivity index (χ3n) is 4.05. The van der Waals surface area contributed by atoms with Gasteiger partial charge in [0.25, 0.3) is 0 Å². The van der Waals surface area contributed by atoms with Crippen molar-refractivity contribution in [2.45, 2.75) is 6.92 Å². The van der Waals surface area contributed by atoms with Crippen molar-refractivity contribution < 1.29 is 4.39 Å². The zero-order chi connectivity index (χ0) is 16.7. The van der Waals surface area contributed by atoms with Crippen molar-refractivity contribution >= 4 is 22.5 Å². The number of hydrogen-bond donors (Lipinski definition) is 0. The molecule has 0 fully saturated rings. The average Bonchev–Trinajstić information content (AvgIpc) is 3.05. The van der Waals surface area contributed by atoms with Gasteiger partial charge in [0.2, 0.25) is 0 Å². The highest BCUT2D eigenvalue weighted by molar-refractivity contribution is 6.31. The first-order valence-corrected chi connectivity index (χ1v) is 7.84. The largest absolute Gasteiger partial charge is 0.316 e. The van der Waals surface area contributed by atoms with Crippen molar-refractivity contribution in [1.29, 1.82) is 0 Å². The molecule has 0 aliphatic heterocycles. The average molecular weight is 338 g/mol. The Labute approximate surface area is 143 Å². The standard InChI is InChI=1S/C19H13ClFN3/c1-12-2-3-18(21)17-4-5-24(19(12)17)16-7-13(6-15(20)8-16)14-9-22-11-23-10-14/h2-11H,1H3. The van der Waals surface area contributed by atoms with E-state index in [-0.39, 0.29) is 5.82 Å². The Morgan fingerprint density at radius 2 is 1.79 bits per heavy atom. The highest BCUT2D eigenvalue weighted by atomic mass is 35.5. The van der Waals surface area contributed by atoms with Gasteiger partial charge in [0.15, 0.2) is 0 Å². The fourth-order valence-electron chi connectivity index (χ4n) is 2.94. The maximum Gasteiger partial charge on any atom is 0.132 e. The fourth-order valence-corrected chi connectivity index (χ4v) is 3.17. The summed E-state index contributed by atoms with van der Waals surface area (Å²) in [4.78, 5) is 8.10. The number of hydrogen-bond acceptors (Lipinski definition) is 2. The summed E-state index contributed by atoms with van der Waals surface area (Å²) in [5, 5.41) is 1.20. The molecule has 0 spiro atoms. The molecular weight excluding hydrogens is 325 g/mol. The number of aryl methyl sites for hydroxylation is 1. The fraction of sp³-hybridized carbons (Fsp3) is 0.0526. The van der Waals surface area contributed by atoms with Gasteiger partial charge < -0.3 is 4.57 Å². The number of fused-ring (bicyclic) bond motifs is 1. The lowest BCUT2D eigenvalue weighted by atomic mass is 10.1. The molecule has 2 heterocycles. The summed E-state index contributed by atoms with van der Waals surface area (Å²) in [6.07, 6.45) is 6.82. The van der Waals surface area contributed by atoms with Crippen LogP contribution >= 0.6 is 11.6 Å². The van der Waals surface area contributed by atoms with E-state index in [2.05, 4.69) is 9.97 Å². The third kappa shape index (κ3) is 2.45. The Bertz CT molecular complexity index is 1040. The van der Waals surface area contributed by atoms with E-state index in [1.165, 1.54) is 12.4 Å². The van der Waals surface area contributed by atoms with Gasteiger partial charge in [-0.05, 0) is 48.4 Å². The van der Waals surface area contributed by atoms with Crippen LogP contribution in [0.1, 0.15) is 5.56 Å². The highest BCUT2D eigenvalue weighted by Crippen LogP contribution is 2.30. The monoisotopic (exact) mass is 337 g/mol. The quantitative estimate of drug-likeness (QED) is 0.504. The van der Waals surface area contributed by atoms with E-state index in [0.29, 0.717) is 10.4 Å². The number of benzene rings is 2. The summed E-state index contributed by atoms with van der Waals surface area (Å²) in [7, 11) is 0. The maximum absolute atomic E-state index is 14.1. The Hall–Kier alpha value is -2.72. The zero-order valence-electron chi connectivity index (χ0n) is 12.9. The van der Waals surface area contributed by atoms with E-state index in [9.17, 15) is 4.39 Å². The van der Waals surface area contributed by atoms with Crippen molar-refractivity contribution in [3.05, 3.63) is 77.7 Å². The van der Waals surface area contributed by atoms with Gasteiger partial charge in [0.05, 0.1) is 5.52 Å². The highest BCUT2D eigenvalue weighted by Gasteiger charge is 2.11. The molecule has 3 nitrogen and oxygen atoms in total. The minimum Gasteiger partial charge on any atom is -0.316 e. The second-order valence-corrected chi connectivity index (χ2v) is 6.07. The number of rotatable bonds is 2. The van der Waals surface area contributed by atoms with Crippen molar-refractivity contribution in [2.75, 3.05) is 0 Å². The summed E-state index contributed by atoms with van der Waals surface area (Å²) >= 11 is 6.31. The lowest BCUT2D eigenvalue weighted by molar-refractivity contribution is 0.639. The van der Waals surface area contributed by atoms with Crippen LogP contribution in [-0.4, -0.2) is 14.5 Å². The Balaban J connectivity index is 1.95. The first kappa shape index (κ1) is 14.8. The molecule has 0 unspecified atom stereocenters. The first-order valence-electron chi connectivity index (χ1n) is 7.46. The Kier molecular flexibility index (Phi) is 3.54. The molecule has 0 amide bonds. The van der Waals surface area contributed by atoms with Gasteiger partial charge in [-0.1, -0.05) is 17.7 Å². The van der Waals surface area contributed by atoms with E-state index in [0.717, 1.165) is 27.9 Å². The number of halogens is 2. The molecule has 0 radical (unpaired) electrons. The zero-order valence-corrected chi connectivity index (χ0v) is 13.6. The molecule has 0 atom stereocenters. The molecule has 2 aromatic carbocycles. The van der Waals surface area contributed by atoms with Gasteiger partial charge >= 0.3 is 0 Å². The lowest BCUT2D eigenvalue weighted by Gasteiger charge is -2.11. The van der Waals surface area contributed by atoms with Gasteiger partial charge in [-0.25, -0.2) is 14.4 Å². The molecule has 24 heavy (non-hydrogen) atoms. The van der Waals surface area contributed by atoms with E-state index in [1.54, 1.807) is 24.5 Å². The minimum absolute atomic E-state index is 0.229. The van der Waals surface area contributed by atoms with E-state index >= 15 is 0 Å². The van der Waals surface area contributed by atoms with Crippen LogP contribution in [-0.2, 0) is 0 Å². The van der Waals surface area contributed by atoms with Crippen LogP contribution < -0.4 is 0 Å². The van der Waals surface area contributed by atoms with Crippen LogP contribution in [0.2, 0.25) is 5.02 Å². The molecule has 0 saturated heterocycles. The molecule has 0 aliphatic carbocycles. The van der Waals surface area contributed by atoms with Gasteiger partial charge in [-0.3, -0.25) is 0 Å². The Morgan fingerprint density at radius 3 is 2.58 bits per heavy atom. The number of nitrogens with zero attached hydrogens (tertiary/aromatic N) is 3. The van der Waals surface area contributed by atoms with Crippen LogP contribution in [0.25, 0.3) is 27.7 Å². The Morgan fingerprint density at radius 1 is 1.00 bits per heavy atom. The normalized spacial score (nSPS) is 11.1. The molecule has 0 aliphatic rings. The minimum atomic E-state index is -0.229. The molecule has 0 saturated carbocycles. The van der Waals surface area contributed by atoms with E-state index in [1.807, 2.05) is 35.9 Å². The summed E-state index contributed by atoms with van der Waals surface area (Å²) in [6, 6.07) is 10.8. The molecule has 0 bridgehead atoms. The van der Waals surface area contributed by atoms with Crippen LogP contribution in [0.4, 0.5) is 4.39 Å². The number of aromatic nitrogens is 3. The predicted molar refractivity (Wildman–Crippen MR) is 94.0 cm³/mol. The van der Waals surface area contributed by atoms with Gasteiger partial charge in [-0.15, -0.1) is 0 Å². The summed E-state index contributed by atoms with van der Waals surface area (Å²) in [5.74, 6) is -0.229. The molecule has 4 rings (SSSR count).